The van der Waals surface area contributed by atoms with Gasteiger partial charge in [-0.2, -0.15) is 4.31 Å². The average molecular weight is 463 g/mol. The number of benzene rings is 2. The van der Waals surface area contributed by atoms with Crippen LogP contribution in [-0.2, 0) is 24.3 Å². The SMILES string of the molecule is Cc1ccc(C)c(NC(=O)C(C)OC(=O)C2CCCN(S(=O)(=O)c3ccc(F)cc3)C2)c1. The van der Waals surface area contributed by atoms with Gasteiger partial charge in [0.2, 0.25) is 10.0 Å². The van der Waals surface area contributed by atoms with Gasteiger partial charge in [-0.15, -0.1) is 0 Å². The van der Waals surface area contributed by atoms with Crippen LogP contribution in [0.15, 0.2) is 47.4 Å². The number of hydrogen-bond acceptors (Lipinski definition) is 5. The molecule has 32 heavy (non-hydrogen) atoms. The van der Waals surface area contributed by atoms with E-state index >= 15 is 0 Å². The highest BCUT2D eigenvalue weighted by Crippen LogP contribution is 2.25. The second-order valence-electron chi connectivity index (χ2n) is 8.04. The Morgan fingerprint density at radius 1 is 1.16 bits per heavy atom. The molecule has 2 unspecified atom stereocenters. The second-order valence-corrected chi connectivity index (χ2v) is 9.98. The molecule has 0 aliphatic carbocycles. The third-order valence-corrected chi connectivity index (χ3v) is 7.36. The molecular formula is C23H27FN2O5S. The first-order valence-corrected chi connectivity index (χ1v) is 11.9. The van der Waals surface area contributed by atoms with Crippen LogP contribution in [0.2, 0.25) is 0 Å². The van der Waals surface area contributed by atoms with Crippen LogP contribution in [0, 0.1) is 25.6 Å². The number of hydrogen-bond donors (Lipinski definition) is 1. The molecular weight excluding hydrogens is 435 g/mol. The summed E-state index contributed by atoms with van der Waals surface area (Å²) < 4.78 is 45.4. The number of nitrogens with zero attached hydrogens (tertiary/aromatic N) is 1. The molecule has 1 heterocycles. The summed E-state index contributed by atoms with van der Waals surface area (Å²) in [5, 5.41) is 2.77. The zero-order chi connectivity index (χ0) is 23.5. The van der Waals surface area contributed by atoms with E-state index in [-0.39, 0.29) is 18.0 Å². The number of anilines is 1. The summed E-state index contributed by atoms with van der Waals surface area (Å²) >= 11 is 0. The van der Waals surface area contributed by atoms with E-state index in [1.54, 1.807) is 0 Å². The van der Waals surface area contributed by atoms with E-state index in [1.165, 1.54) is 23.4 Å². The first kappa shape index (κ1) is 23.9. The van der Waals surface area contributed by atoms with Crippen LogP contribution >= 0.6 is 0 Å². The van der Waals surface area contributed by atoms with Crippen LogP contribution in [0.25, 0.3) is 0 Å². The van der Waals surface area contributed by atoms with Gasteiger partial charge in [0.25, 0.3) is 5.91 Å². The zero-order valence-corrected chi connectivity index (χ0v) is 19.1. The van der Waals surface area contributed by atoms with Crippen molar-refractivity contribution >= 4 is 27.6 Å². The van der Waals surface area contributed by atoms with Gasteiger partial charge in [-0.3, -0.25) is 9.59 Å². The minimum Gasteiger partial charge on any atom is -0.452 e. The third kappa shape index (κ3) is 5.52. The fourth-order valence-corrected chi connectivity index (χ4v) is 5.06. The quantitative estimate of drug-likeness (QED) is 0.664. The summed E-state index contributed by atoms with van der Waals surface area (Å²) in [7, 11) is -3.86. The summed E-state index contributed by atoms with van der Waals surface area (Å²) in [5.41, 5.74) is 2.52. The molecule has 0 aromatic heterocycles. The van der Waals surface area contributed by atoms with Gasteiger partial charge in [0.05, 0.1) is 10.8 Å². The molecule has 2 atom stereocenters. The van der Waals surface area contributed by atoms with Crippen LogP contribution in [0.1, 0.15) is 30.9 Å². The minimum absolute atomic E-state index is 0.0332. The number of ether oxygens (including phenoxy) is 1. The van der Waals surface area contributed by atoms with Gasteiger partial charge < -0.3 is 10.1 Å². The average Bonchev–Trinajstić information content (AvgIpc) is 2.76. The lowest BCUT2D eigenvalue weighted by molar-refractivity contribution is -0.158. The normalized spacial score (nSPS) is 18.1. The number of halogens is 1. The molecule has 9 heteroatoms. The lowest BCUT2D eigenvalue weighted by Gasteiger charge is -2.31. The number of nitrogens with one attached hydrogen (secondary N) is 1. The number of carbonyl (C=O) groups excluding carboxylic acids is 2. The lowest BCUT2D eigenvalue weighted by atomic mass is 10.00. The Balaban J connectivity index is 1.62. The highest BCUT2D eigenvalue weighted by Gasteiger charge is 2.35. The first-order valence-electron chi connectivity index (χ1n) is 10.4. The predicted molar refractivity (Wildman–Crippen MR) is 118 cm³/mol. The van der Waals surface area contributed by atoms with Crippen LogP contribution in [-0.4, -0.2) is 43.8 Å². The molecule has 1 aliphatic rings. The maximum Gasteiger partial charge on any atom is 0.311 e. The number of amides is 1. The monoisotopic (exact) mass is 462 g/mol. The Morgan fingerprint density at radius 2 is 1.84 bits per heavy atom. The standard InChI is InChI=1S/C23H27FN2O5S/c1-15-6-7-16(2)21(13-15)25-22(27)17(3)31-23(28)18-5-4-12-26(14-18)32(29,30)20-10-8-19(24)9-11-20/h6-11,13,17-18H,4-5,12,14H2,1-3H3,(H,25,27). The predicted octanol–water partition coefficient (Wildman–Crippen LogP) is 3.41. The Hall–Kier alpha value is -2.78. The number of carbonyl (C=O) groups is 2. The third-order valence-electron chi connectivity index (χ3n) is 5.48. The van der Waals surface area contributed by atoms with E-state index < -0.39 is 39.7 Å². The maximum atomic E-state index is 13.1. The summed E-state index contributed by atoms with van der Waals surface area (Å²) in [6.45, 7) is 5.46. The van der Waals surface area contributed by atoms with Crippen LogP contribution < -0.4 is 5.32 Å². The van der Waals surface area contributed by atoms with Crippen molar-refractivity contribution in [2.24, 2.45) is 5.92 Å². The molecule has 1 amide bonds. The maximum absolute atomic E-state index is 13.1. The van der Waals surface area contributed by atoms with E-state index in [0.29, 0.717) is 18.5 Å². The summed E-state index contributed by atoms with van der Waals surface area (Å²) in [6.07, 6.45) is -0.102. The van der Waals surface area contributed by atoms with Gasteiger partial charge in [0, 0.05) is 18.8 Å². The van der Waals surface area contributed by atoms with Gasteiger partial charge in [-0.05, 0) is 75.1 Å². The van der Waals surface area contributed by atoms with Crippen molar-refractivity contribution in [1.82, 2.24) is 4.31 Å². The van der Waals surface area contributed by atoms with Crippen molar-refractivity contribution in [3.63, 3.8) is 0 Å². The van der Waals surface area contributed by atoms with Crippen molar-refractivity contribution in [1.29, 1.82) is 0 Å². The molecule has 1 aliphatic heterocycles. The molecule has 1 fully saturated rings. The molecule has 0 saturated carbocycles. The molecule has 1 saturated heterocycles. The highest BCUT2D eigenvalue weighted by molar-refractivity contribution is 7.89. The number of esters is 1. The van der Waals surface area contributed by atoms with Crippen LogP contribution in [0.5, 0.6) is 0 Å². The van der Waals surface area contributed by atoms with Crippen molar-refractivity contribution in [2.45, 2.75) is 44.6 Å². The molecule has 3 rings (SSSR count). The lowest BCUT2D eigenvalue weighted by Crippen LogP contribution is -2.44. The first-order chi connectivity index (χ1) is 15.1. The molecule has 0 radical (unpaired) electrons. The van der Waals surface area contributed by atoms with E-state index in [4.69, 9.17) is 4.74 Å². The van der Waals surface area contributed by atoms with Gasteiger partial charge in [0.15, 0.2) is 6.10 Å². The Kier molecular flexibility index (Phi) is 7.30. The smallest absolute Gasteiger partial charge is 0.311 e. The van der Waals surface area contributed by atoms with E-state index in [1.807, 2.05) is 32.0 Å². The van der Waals surface area contributed by atoms with Gasteiger partial charge in [-0.1, -0.05) is 12.1 Å². The van der Waals surface area contributed by atoms with Crippen molar-refractivity contribution in [3.05, 3.63) is 59.4 Å². The number of rotatable bonds is 6. The minimum atomic E-state index is -3.86. The van der Waals surface area contributed by atoms with E-state index in [2.05, 4.69) is 5.32 Å². The summed E-state index contributed by atoms with van der Waals surface area (Å²) in [4.78, 5) is 25.1. The fraction of sp³-hybridized carbons (Fsp3) is 0.391. The van der Waals surface area contributed by atoms with Gasteiger partial charge >= 0.3 is 5.97 Å². The summed E-state index contributed by atoms with van der Waals surface area (Å²) in [6, 6.07) is 10.2. The van der Waals surface area contributed by atoms with E-state index in [0.717, 1.165) is 23.3 Å². The number of piperidine rings is 1. The molecule has 0 bridgehead atoms. The van der Waals surface area contributed by atoms with Crippen molar-refractivity contribution in [3.8, 4) is 0 Å². The molecule has 0 spiro atoms. The van der Waals surface area contributed by atoms with Crippen LogP contribution in [0.4, 0.5) is 10.1 Å². The van der Waals surface area contributed by atoms with Crippen molar-refractivity contribution < 1.29 is 27.1 Å². The molecule has 172 valence electrons. The van der Waals surface area contributed by atoms with Crippen molar-refractivity contribution in [2.75, 3.05) is 18.4 Å². The topological polar surface area (TPSA) is 92.8 Å². The Morgan fingerprint density at radius 3 is 2.53 bits per heavy atom. The molecule has 2 aromatic carbocycles. The van der Waals surface area contributed by atoms with E-state index in [9.17, 15) is 22.4 Å². The summed E-state index contributed by atoms with van der Waals surface area (Å²) in [5.74, 6) is -2.29. The Labute approximate surface area is 187 Å². The molecule has 1 N–H and O–H groups in total. The molecule has 7 nitrogen and oxygen atoms in total. The Bertz CT molecular complexity index is 1100. The van der Waals surface area contributed by atoms with Crippen LogP contribution in [0.3, 0.4) is 0 Å². The zero-order valence-electron chi connectivity index (χ0n) is 18.3. The molecule has 2 aromatic rings. The largest absolute Gasteiger partial charge is 0.452 e. The number of aryl methyl sites for hydroxylation is 2. The van der Waals surface area contributed by atoms with Gasteiger partial charge in [-0.25, -0.2) is 12.8 Å². The highest BCUT2D eigenvalue weighted by atomic mass is 32.2. The fourth-order valence-electron chi connectivity index (χ4n) is 3.54. The second kappa shape index (κ2) is 9.79. The van der Waals surface area contributed by atoms with Gasteiger partial charge in [0.1, 0.15) is 5.82 Å². The number of sulfonamides is 1.